The standard InChI is InChI=1S/C11H11BF6/c1-9(2,12)6-3-7(10(13,14)15)5-8(4-6)11(16,17)18/h3-4,7H,5H2,1-2H3. The molecule has 1 unspecified atom stereocenters. The van der Waals surface area contributed by atoms with Crippen LogP contribution in [0.4, 0.5) is 26.3 Å². The topological polar surface area (TPSA) is 0 Å². The molecule has 2 radical (unpaired) electrons. The van der Waals surface area contributed by atoms with E-state index in [4.69, 9.17) is 7.85 Å². The van der Waals surface area contributed by atoms with Crippen LogP contribution in [0.25, 0.3) is 0 Å². The maximum absolute atomic E-state index is 12.6. The van der Waals surface area contributed by atoms with Gasteiger partial charge in [0, 0.05) is 5.57 Å². The lowest BCUT2D eigenvalue weighted by Gasteiger charge is -2.30. The van der Waals surface area contributed by atoms with Gasteiger partial charge in [-0.15, -0.1) is 0 Å². The van der Waals surface area contributed by atoms with Crippen LogP contribution in [0, 0.1) is 5.92 Å². The average Bonchev–Trinajstić information content (AvgIpc) is 2.13. The zero-order chi connectivity index (χ0) is 14.4. The van der Waals surface area contributed by atoms with Crippen molar-refractivity contribution in [3.05, 3.63) is 23.3 Å². The van der Waals surface area contributed by atoms with Gasteiger partial charge in [0.2, 0.25) is 0 Å². The molecule has 0 fully saturated rings. The number of hydrogen-bond donors (Lipinski definition) is 0. The highest BCUT2D eigenvalue weighted by atomic mass is 19.4. The van der Waals surface area contributed by atoms with Gasteiger partial charge < -0.3 is 0 Å². The molecule has 1 aliphatic carbocycles. The minimum absolute atomic E-state index is 0.150. The second-order valence-electron chi connectivity index (χ2n) is 4.86. The van der Waals surface area contributed by atoms with E-state index >= 15 is 0 Å². The Balaban J connectivity index is 3.21. The van der Waals surface area contributed by atoms with Gasteiger partial charge in [0.15, 0.2) is 0 Å². The van der Waals surface area contributed by atoms with Gasteiger partial charge in [-0.05, 0) is 11.7 Å². The summed E-state index contributed by atoms with van der Waals surface area (Å²) in [4.78, 5) is 0. The molecule has 100 valence electrons. The van der Waals surface area contributed by atoms with Crippen molar-refractivity contribution < 1.29 is 26.3 Å². The van der Waals surface area contributed by atoms with Gasteiger partial charge in [-0.25, -0.2) is 0 Å². The summed E-state index contributed by atoms with van der Waals surface area (Å²) in [5, 5.41) is -1.25. The first-order chi connectivity index (χ1) is 7.82. The van der Waals surface area contributed by atoms with E-state index in [0.29, 0.717) is 6.08 Å². The monoisotopic (exact) mass is 268 g/mol. The number of alkyl halides is 6. The highest BCUT2D eigenvalue weighted by Gasteiger charge is 2.46. The van der Waals surface area contributed by atoms with E-state index in [1.165, 1.54) is 13.8 Å². The molecule has 0 aromatic carbocycles. The van der Waals surface area contributed by atoms with Crippen LogP contribution < -0.4 is 0 Å². The molecule has 18 heavy (non-hydrogen) atoms. The summed E-state index contributed by atoms with van der Waals surface area (Å²) in [6.45, 7) is 2.73. The van der Waals surface area contributed by atoms with E-state index < -0.39 is 35.6 Å². The van der Waals surface area contributed by atoms with Gasteiger partial charge in [0.05, 0.1) is 13.8 Å². The lowest BCUT2D eigenvalue weighted by atomic mass is 9.64. The van der Waals surface area contributed by atoms with E-state index in [2.05, 4.69) is 0 Å². The average molecular weight is 268 g/mol. The fraction of sp³-hybridized carbons (Fsp3) is 0.636. The molecule has 1 atom stereocenters. The third-order valence-electron chi connectivity index (χ3n) is 2.68. The summed E-state index contributed by atoms with van der Waals surface area (Å²) >= 11 is 0. The Bertz CT molecular complexity index is 380. The molecule has 0 heterocycles. The van der Waals surface area contributed by atoms with Crippen LogP contribution in [0.3, 0.4) is 0 Å². The molecule has 0 spiro atoms. The lowest BCUT2D eigenvalue weighted by molar-refractivity contribution is -0.166. The normalized spacial score (nSPS) is 22.6. The molecular formula is C11H11BF6. The van der Waals surface area contributed by atoms with Crippen molar-refractivity contribution in [2.75, 3.05) is 0 Å². The molecule has 0 amide bonds. The van der Waals surface area contributed by atoms with Crippen molar-refractivity contribution in [2.45, 2.75) is 37.9 Å². The highest BCUT2D eigenvalue weighted by molar-refractivity contribution is 6.17. The second kappa shape index (κ2) is 4.35. The first-order valence-electron chi connectivity index (χ1n) is 5.17. The second-order valence-corrected chi connectivity index (χ2v) is 4.86. The van der Waals surface area contributed by atoms with Crippen LogP contribution in [0.5, 0.6) is 0 Å². The SMILES string of the molecule is [B]C(C)(C)C1=CC(C(F)(F)F)CC(C(F)(F)F)=C1. The molecule has 0 aromatic rings. The lowest BCUT2D eigenvalue weighted by Crippen LogP contribution is -2.28. The van der Waals surface area contributed by atoms with Gasteiger partial charge in [0.1, 0.15) is 0 Å². The summed E-state index contributed by atoms with van der Waals surface area (Å²) < 4.78 is 75.4. The maximum atomic E-state index is 12.6. The number of rotatable bonds is 1. The Hall–Kier alpha value is -0.875. The minimum atomic E-state index is -4.77. The molecule has 7 heteroatoms. The van der Waals surface area contributed by atoms with Crippen molar-refractivity contribution in [1.29, 1.82) is 0 Å². The molecular weight excluding hydrogens is 257 g/mol. The molecule has 0 nitrogen and oxygen atoms in total. The first-order valence-corrected chi connectivity index (χ1v) is 5.17. The highest BCUT2D eigenvalue weighted by Crippen LogP contribution is 2.45. The third kappa shape index (κ3) is 3.56. The predicted octanol–water partition coefficient (Wildman–Crippen LogP) is 4.35. The molecule has 1 aliphatic rings. The van der Waals surface area contributed by atoms with Crippen molar-refractivity contribution >= 4 is 7.85 Å². The Kier molecular flexibility index (Phi) is 3.67. The number of allylic oxidation sites excluding steroid dienone is 4. The molecule has 0 saturated carbocycles. The van der Waals surface area contributed by atoms with Crippen LogP contribution in [-0.2, 0) is 0 Å². The summed E-state index contributed by atoms with van der Waals surface area (Å²) in [6, 6.07) is 0. The van der Waals surface area contributed by atoms with E-state index in [1.54, 1.807) is 0 Å². The summed E-state index contributed by atoms with van der Waals surface area (Å²) in [7, 11) is 5.57. The van der Waals surface area contributed by atoms with E-state index in [9.17, 15) is 26.3 Å². The van der Waals surface area contributed by atoms with Crippen LogP contribution in [0.2, 0.25) is 5.31 Å². The smallest absolute Gasteiger partial charge is 0.170 e. The molecule has 0 saturated heterocycles. The van der Waals surface area contributed by atoms with Crippen molar-refractivity contribution in [3.63, 3.8) is 0 Å². The van der Waals surface area contributed by atoms with Gasteiger partial charge in [-0.3, -0.25) is 0 Å². The number of halogens is 6. The summed E-state index contributed by atoms with van der Waals surface area (Å²) in [5.74, 6) is -2.14. The van der Waals surface area contributed by atoms with E-state index in [0.717, 1.165) is 6.08 Å². The largest absolute Gasteiger partial charge is 0.412 e. The molecule has 0 N–H and O–H groups in total. The fourth-order valence-corrected chi connectivity index (χ4v) is 1.62. The third-order valence-corrected chi connectivity index (χ3v) is 2.68. The minimum Gasteiger partial charge on any atom is -0.170 e. The zero-order valence-electron chi connectivity index (χ0n) is 9.78. The van der Waals surface area contributed by atoms with Crippen LogP contribution in [0.1, 0.15) is 20.3 Å². The van der Waals surface area contributed by atoms with Gasteiger partial charge in [-0.2, -0.15) is 26.3 Å². The van der Waals surface area contributed by atoms with Crippen LogP contribution in [-0.4, -0.2) is 20.2 Å². The molecule has 0 bridgehead atoms. The molecule has 0 aliphatic heterocycles. The Morgan fingerprint density at radius 3 is 1.94 bits per heavy atom. The molecule has 1 rings (SSSR count). The Morgan fingerprint density at radius 1 is 1.11 bits per heavy atom. The quantitative estimate of drug-likeness (QED) is 0.490. The van der Waals surface area contributed by atoms with Crippen molar-refractivity contribution in [3.8, 4) is 0 Å². The predicted molar refractivity (Wildman–Crippen MR) is 56.2 cm³/mol. The van der Waals surface area contributed by atoms with Gasteiger partial charge in [-0.1, -0.05) is 31.6 Å². The van der Waals surface area contributed by atoms with Gasteiger partial charge in [0.25, 0.3) is 0 Å². The first kappa shape index (κ1) is 15.2. The van der Waals surface area contributed by atoms with Crippen LogP contribution >= 0.6 is 0 Å². The van der Waals surface area contributed by atoms with E-state index in [1.807, 2.05) is 0 Å². The zero-order valence-corrected chi connectivity index (χ0v) is 9.78. The van der Waals surface area contributed by atoms with Crippen molar-refractivity contribution in [2.24, 2.45) is 5.92 Å². The van der Waals surface area contributed by atoms with Gasteiger partial charge >= 0.3 is 12.4 Å². The number of hydrogen-bond acceptors (Lipinski definition) is 0. The van der Waals surface area contributed by atoms with Crippen molar-refractivity contribution in [1.82, 2.24) is 0 Å². The Labute approximate surface area is 102 Å². The van der Waals surface area contributed by atoms with Crippen LogP contribution in [0.15, 0.2) is 23.3 Å². The Morgan fingerprint density at radius 2 is 1.61 bits per heavy atom. The summed E-state index contributed by atoms with van der Waals surface area (Å²) in [5.41, 5.74) is -1.34. The molecule has 0 aromatic heterocycles. The summed E-state index contributed by atoms with van der Waals surface area (Å²) in [6.07, 6.45) is -9.08. The fourth-order valence-electron chi connectivity index (χ4n) is 1.62. The maximum Gasteiger partial charge on any atom is 0.412 e. The van der Waals surface area contributed by atoms with E-state index in [-0.39, 0.29) is 5.57 Å².